The van der Waals surface area contributed by atoms with Crippen molar-refractivity contribution >= 4 is 11.6 Å². The second kappa shape index (κ2) is 3.93. The highest BCUT2D eigenvalue weighted by Crippen LogP contribution is 2.25. The average molecular weight is 194 g/mol. The Bertz CT molecular complexity index is 305. The van der Waals surface area contributed by atoms with Gasteiger partial charge in [-0.2, -0.15) is 0 Å². The van der Waals surface area contributed by atoms with Gasteiger partial charge in [0.1, 0.15) is 0 Å². The Balaban J connectivity index is 2.03. The minimum atomic E-state index is 0.261. The van der Waals surface area contributed by atoms with Crippen LogP contribution >= 0.6 is 11.6 Å². The molecule has 1 atom stereocenters. The van der Waals surface area contributed by atoms with E-state index in [1.165, 1.54) is 11.1 Å². The van der Waals surface area contributed by atoms with E-state index in [1.807, 2.05) is 12.4 Å². The second-order valence-electron chi connectivity index (χ2n) is 3.41. The van der Waals surface area contributed by atoms with Crippen LogP contribution in [-0.4, -0.2) is 10.4 Å². The van der Waals surface area contributed by atoms with E-state index in [0.29, 0.717) is 0 Å². The first-order valence-electron chi connectivity index (χ1n) is 4.57. The monoisotopic (exact) mass is 193 g/mol. The van der Waals surface area contributed by atoms with Gasteiger partial charge in [0.05, 0.1) is 5.38 Å². The summed E-state index contributed by atoms with van der Waals surface area (Å²) in [6, 6.07) is 4.12. The van der Waals surface area contributed by atoms with Gasteiger partial charge in [0.25, 0.3) is 0 Å². The van der Waals surface area contributed by atoms with Crippen molar-refractivity contribution in [3.05, 3.63) is 41.7 Å². The number of nitrogens with zero attached hydrogens (tertiary/aromatic N) is 1. The molecule has 0 radical (unpaired) electrons. The van der Waals surface area contributed by atoms with Crippen LogP contribution in [0.25, 0.3) is 0 Å². The van der Waals surface area contributed by atoms with Crippen molar-refractivity contribution in [3.63, 3.8) is 0 Å². The van der Waals surface area contributed by atoms with Crippen LogP contribution < -0.4 is 0 Å². The molecule has 0 bridgehead atoms. The lowest BCUT2D eigenvalue weighted by Crippen LogP contribution is -1.87. The Morgan fingerprint density at radius 1 is 1.38 bits per heavy atom. The Morgan fingerprint density at radius 3 is 2.77 bits per heavy atom. The summed E-state index contributed by atoms with van der Waals surface area (Å²) in [5.41, 5.74) is 2.79. The van der Waals surface area contributed by atoms with Crippen molar-refractivity contribution in [1.29, 1.82) is 0 Å². The smallest absolute Gasteiger partial charge is 0.0521 e. The number of rotatable bonds is 2. The molecule has 1 nitrogen and oxygen atoms in total. The van der Waals surface area contributed by atoms with Gasteiger partial charge in [-0.15, -0.1) is 11.6 Å². The van der Waals surface area contributed by atoms with Crippen molar-refractivity contribution in [1.82, 2.24) is 4.98 Å². The molecule has 0 aromatic carbocycles. The Morgan fingerprint density at radius 2 is 2.15 bits per heavy atom. The highest BCUT2D eigenvalue weighted by molar-refractivity contribution is 6.22. The lowest BCUT2D eigenvalue weighted by Gasteiger charge is -2.00. The molecule has 0 fully saturated rings. The first kappa shape index (κ1) is 8.76. The van der Waals surface area contributed by atoms with Gasteiger partial charge in [0, 0.05) is 12.4 Å². The summed E-state index contributed by atoms with van der Waals surface area (Å²) in [5, 5.41) is 0.261. The fraction of sp³-hybridized carbons (Fsp3) is 0.364. The maximum Gasteiger partial charge on any atom is 0.0521 e. The third kappa shape index (κ3) is 2.31. The SMILES string of the molecule is ClC1C=C(Cc2ccncc2)CC1. The number of hydrogen-bond donors (Lipinski definition) is 0. The van der Waals surface area contributed by atoms with Crippen molar-refractivity contribution in [3.8, 4) is 0 Å². The molecule has 2 heteroatoms. The molecule has 1 aliphatic carbocycles. The fourth-order valence-corrected chi connectivity index (χ4v) is 1.94. The van der Waals surface area contributed by atoms with Crippen LogP contribution in [0.5, 0.6) is 0 Å². The molecular weight excluding hydrogens is 182 g/mol. The van der Waals surface area contributed by atoms with Crippen LogP contribution in [-0.2, 0) is 6.42 Å². The standard InChI is InChI=1S/C11H12ClN/c12-11-2-1-10(8-11)7-9-3-5-13-6-4-9/h3-6,8,11H,1-2,7H2. The van der Waals surface area contributed by atoms with Gasteiger partial charge in [-0.1, -0.05) is 11.6 Å². The normalized spacial score (nSPS) is 21.6. The number of alkyl halides is 1. The molecule has 0 aliphatic heterocycles. The Kier molecular flexibility index (Phi) is 2.65. The molecule has 1 aliphatic rings. The molecule has 1 heterocycles. The quantitative estimate of drug-likeness (QED) is 0.520. The molecule has 2 rings (SSSR count). The third-order valence-corrected chi connectivity index (χ3v) is 2.68. The van der Waals surface area contributed by atoms with Gasteiger partial charge < -0.3 is 0 Å². The van der Waals surface area contributed by atoms with E-state index < -0.39 is 0 Å². The average Bonchev–Trinajstić information content (AvgIpc) is 2.53. The molecule has 0 N–H and O–H groups in total. The maximum absolute atomic E-state index is 5.98. The summed E-state index contributed by atoms with van der Waals surface area (Å²) in [4.78, 5) is 3.99. The summed E-state index contributed by atoms with van der Waals surface area (Å²) in [6.07, 6.45) is 9.14. The molecule has 13 heavy (non-hydrogen) atoms. The van der Waals surface area contributed by atoms with Gasteiger partial charge in [-0.3, -0.25) is 4.98 Å². The molecule has 0 amide bonds. The predicted octanol–water partition coefficient (Wildman–Crippen LogP) is 2.95. The zero-order valence-electron chi connectivity index (χ0n) is 7.41. The van der Waals surface area contributed by atoms with Crippen LogP contribution in [0.4, 0.5) is 0 Å². The Hall–Kier alpha value is -0.820. The van der Waals surface area contributed by atoms with Crippen molar-refractivity contribution in [2.24, 2.45) is 0 Å². The van der Waals surface area contributed by atoms with Crippen LogP contribution in [0, 0.1) is 0 Å². The maximum atomic E-state index is 5.98. The summed E-state index contributed by atoms with van der Waals surface area (Å²) >= 11 is 5.98. The van der Waals surface area contributed by atoms with Crippen molar-refractivity contribution in [2.45, 2.75) is 24.6 Å². The summed E-state index contributed by atoms with van der Waals surface area (Å²) in [5.74, 6) is 0. The topological polar surface area (TPSA) is 12.9 Å². The van der Waals surface area contributed by atoms with Crippen molar-refractivity contribution < 1.29 is 0 Å². The molecule has 68 valence electrons. The van der Waals surface area contributed by atoms with Gasteiger partial charge >= 0.3 is 0 Å². The minimum Gasteiger partial charge on any atom is -0.265 e. The van der Waals surface area contributed by atoms with E-state index in [1.54, 1.807) is 0 Å². The molecule has 0 spiro atoms. The Labute approximate surface area is 83.4 Å². The van der Waals surface area contributed by atoms with E-state index in [0.717, 1.165) is 19.3 Å². The first-order chi connectivity index (χ1) is 6.34. The van der Waals surface area contributed by atoms with E-state index in [4.69, 9.17) is 11.6 Å². The van der Waals surface area contributed by atoms with Crippen LogP contribution in [0.1, 0.15) is 18.4 Å². The van der Waals surface area contributed by atoms with Crippen LogP contribution in [0.15, 0.2) is 36.2 Å². The van der Waals surface area contributed by atoms with Crippen LogP contribution in [0.2, 0.25) is 0 Å². The fourth-order valence-electron chi connectivity index (χ4n) is 1.66. The van der Waals surface area contributed by atoms with Gasteiger partial charge in [-0.05, 0) is 37.0 Å². The predicted molar refractivity (Wildman–Crippen MR) is 54.9 cm³/mol. The number of aromatic nitrogens is 1. The molecule has 1 aromatic rings. The zero-order valence-corrected chi connectivity index (χ0v) is 8.17. The molecular formula is C11H12ClN. The summed E-state index contributed by atoms with van der Waals surface area (Å²) < 4.78 is 0. The molecule has 1 unspecified atom stereocenters. The lowest BCUT2D eigenvalue weighted by molar-refractivity contribution is 0.891. The minimum absolute atomic E-state index is 0.261. The van der Waals surface area contributed by atoms with Crippen molar-refractivity contribution in [2.75, 3.05) is 0 Å². The molecule has 0 saturated carbocycles. The largest absolute Gasteiger partial charge is 0.265 e. The first-order valence-corrected chi connectivity index (χ1v) is 5.01. The van der Waals surface area contributed by atoms with Gasteiger partial charge in [0.2, 0.25) is 0 Å². The number of hydrogen-bond acceptors (Lipinski definition) is 1. The van der Waals surface area contributed by atoms with E-state index in [2.05, 4.69) is 23.2 Å². The summed E-state index contributed by atoms with van der Waals surface area (Å²) in [6.45, 7) is 0. The zero-order chi connectivity index (χ0) is 9.10. The molecule has 1 aromatic heterocycles. The van der Waals surface area contributed by atoms with E-state index in [9.17, 15) is 0 Å². The highest BCUT2D eigenvalue weighted by atomic mass is 35.5. The molecule has 0 saturated heterocycles. The number of allylic oxidation sites excluding steroid dienone is 2. The third-order valence-electron chi connectivity index (χ3n) is 2.34. The number of pyridine rings is 1. The lowest BCUT2D eigenvalue weighted by atomic mass is 10.1. The van der Waals surface area contributed by atoms with E-state index in [-0.39, 0.29) is 5.38 Å². The van der Waals surface area contributed by atoms with Gasteiger partial charge in [-0.25, -0.2) is 0 Å². The highest BCUT2D eigenvalue weighted by Gasteiger charge is 2.12. The summed E-state index contributed by atoms with van der Waals surface area (Å²) in [7, 11) is 0. The van der Waals surface area contributed by atoms with Crippen LogP contribution in [0.3, 0.4) is 0 Å². The van der Waals surface area contributed by atoms with E-state index >= 15 is 0 Å². The second-order valence-corrected chi connectivity index (χ2v) is 3.97. The number of halogens is 1. The van der Waals surface area contributed by atoms with Gasteiger partial charge in [0.15, 0.2) is 0 Å².